The monoisotopic (exact) mass is 538 g/mol. The van der Waals surface area contributed by atoms with E-state index in [0.29, 0.717) is 19.7 Å². The molecule has 2 rings (SSSR count). The predicted octanol–water partition coefficient (Wildman–Crippen LogP) is 2.54. The molecule has 166 valence electrons. The van der Waals surface area contributed by atoms with Crippen LogP contribution in [0.15, 0.2) is 23.2 Å². The number of nitrogens with one attached hydrogen (secondary N) is 1. The Labute approximate surface area is 193 Å². The van der Waals surface area contributed by atoms with E-state index in [4.69, 9.17) is 4.74 Å². The van der Waals surface area contributed by atoms with Crippen LogP contribution >= 0.6 is 24.0 Å². The second kappa shape index (κ2) is 12.1. The third-order valence-electron chi connectivity index (χ3n) is 5.12. The first kappa shape index (κ1) is 26.1. The first-order chi connectivity index (χ1) is 13.3. The van der Waals surface area contributed by atoms with Gasteiger partial charge in [-0.25, -0.2) is 12.7 Å². The Hall–Kier alpha value is -0.910. The van der Waals surface area contributed by atoms with Crippen molar-refractivity contribution in [3.8, 4) is 0 Å². The van der Waals surface area contributed by atoms with Gasteiger partial charge in [-0.05, 0) is 38.3 Å². The summed E-state index contributed by atoms with van der Waals surface area (Å²) in [7, 11) is 0.283. The van der Waals surface area contributed by atoms with E-state index in [2.05, 4.69) is 47.3 Å². The topological polar surface area (TPSA) is 74.2 Å². The molecule has 1 unspecified atom stereocenters. The third kappa shape index (κ3) is 7.37. The molecule has 1 aliphatic heterocycles. The van der Waals surface area contributed by atoms with Crippen molar-refractivity contribution in [2.45, 2.75) is 33.3 Å². The Bertz CT molecular complexity index is 786. The zero-order valence-corrected chi connectivity index (χ0v) is 21.3. The first-order valence-electron chi connectivity index (χ1n) is 9.86. The number of sulfonamides is 1. The second-order valence-corrected chi connectivity index (χ2v) is 9.58. The van der Waals surface area contributed by atoms with Crippen molar-refractivity contribution < 1.29 is 13.2 Å². The number of benzene rings is 1. The number of aryl methyl sites for hydroxylation is 2. The minimum atomic E-state index is -3.12. The van der Waals surface area contributed by atoms with E-state index in [1.165, 1.54) is 21.0 Å². The Morgan fingerprint density at radius 1 is 1.38 bits per heavy atom. The molecule has 1 N–H and O–H groups in total. The summed E-state index contributed by atoms with van der Waals surface area (Å²) < 4.78 is 31.1. The Kier molecular flexibility index (Phi) is 10.9. The molecule has 1 aliphatic rings. The standard InChI is InChI=1S/C20H34N4O3S.HI/c1-6-28(25,26)23(5)11-7-10-22-20(21-4)24-12-13-27-19(15-24)18-9-8-16(2)14-17(18)3;/h8-9,14,19H,6-7,10-13,15H2,1-5H3,(H,21,22);1H. The highest BCUT2D eigenvalue weighted by molar-refractivity contribution is 14.0. The van der Waals surface area contributed by atoms with Gasteiger partial charge in [0.15, 0.2) is 5.96 Å². The number of aliphatic imine (C=N–C) groups is 1. The van der Waals surface area contributed by atoms with Crippen LogP contribution in [0.2, 0.25) is 0 Å². The lowest BCUT2D eigenvalue weighted by molar-refractivity contribution is -0.00831. The lowest BCUT2D eigenvalue weighted by Gasteiger charge is -2.36. The summed E-state index contributed by atoms with van der Waals surface area (Å²) in [6.45, 7) is 9.22. The molecule has 0 radical (unpaired) electrons. The van der Waals surface area contributed by atoms with Gasteiger partial charge in [-0.2, -0.15) is 0 Å². The van der Waals surface area contributed by atoms with Crippen molar-refractivity contribution in [1.82, 2.24) is 14.5 Å². The summed E-state index contributed by atoms with van der Waals surface area (Å²) in [6, 6.07) is 6.46. The molecule has 1 fully saturated rings. The van der Waals surface area contributed by atoms with Gasteiger partial charge in [-0.1, -0.05) is 23.8 Å². The number of rotatable bonds is 7. The largest absolute Gasteiger partial charge is 0.370 e. The maximum atomic E-state index is 11.8. The van der Waals surface area contributed by atoms with Gasteiger partial charge in [-0.3, -0.25) is 4.99 Å². The average molecular weight is 538 g/mol. The molecule has 0 spiro atoms. The van der Waals surface area contributed by atoms with Gasteiger partial charge < -0.3 is 15.0 Å². The summed E-state index contributed by atoms with van der Waals surface area (Å²) in [5.74, 6) is 0.964. The molecule has 7 nitrogen and oxygen atoms in total. The number of nitrogens with zero attached hydrogens (tertiary/aromatic N) is 3. The van der Waals surface area contributed by atoms with E-state index >= 15 is 0 Å². The fraction of sp³-hybridized carbons (Fsp3) is 0.650. The predicted molar refractivity (Wildman–Crippen MR) is 130 cm³/mol. The fourth-order valence-corrected chi connectivity index (χ4v) is 4.26. The molecule has 0 aliphatic carbocycles. The van der Waals surface area contributed by atoms with Crippen LogP contribution in [0.4, 0.5) is 0 Å². The van der Waals surface area contributed by atoms with Gasteiger partial charge in [0.2, 0.25) is 10.0 Å². The van der Waals surface area contributed by atoms with Crippen LogP contribution in [0.5, 0.6) is 0 Å². The van der Waals surface area contributed by atoms with Gasteiger partial charge in [-0.15, -0.1) is 24.0 Å². The molecule has 0 amide bonds. The third-order valence-corrected chi connectivity index (χ3v) is 6.98. The number of halogens is 1. The van der Waals surface area contributed by atoms with E-state index in [-0.39, 0.29) is 35.8 Å². The van der Waals surface area contributed by atoms with Crippen molar-refractivity contribution in [2.75, 3.05) is 52.6 Å². The van der Waals surface area contributed by atoms with E-state index in [1.54, 1.807) is 21.0 Å². The van der Waals surface area contributed by atoms with Gasteiger partial charge in [0.25, 0.3) is 0 Å². The number of morpholine rings is 1. The molecule has 0 bridgehead atoms. The van der Waals surface area contributed by atoms with Gasteiger partial charge in [0, 0.05) is 33.7 Å². The van der Waals surface area contributed by atoms with Gasteiger partial charge >= 0.3 is 0 Å². The fourth-order valence-electron chi connectivity index (χ4n) is 3.41. The molecule has 1 aromatic rings. The number of hydrogen-bond donors (Lipinski definition) is 1. The first-order valence-corrected chi connectivity index (χ1v) is 11.5. The van der Waals surface area contributed by atoms with Crippen molar-refractivity contribution in [2.24, 2.45) is 4.99 Å². The molecule has 29 heavy (non-hydrogen) atoms. The smallest absolute Gasteiger partial charge is 0.213 e. The zero-order chi connectivity index (χ0) is 20.7. The number of ether oxygens (including phenoxy) is 1. The summed E-state index contributed by atoms with van der Waals surface area (Å²) in [4.78, 5) is 6.61. The van der Waals surface area contributed by atoms with E-state index < -0.39 is 10.0 Å². The van der Waals surface area contributed by atoms with Crippen LogP contribution in [0.25, 0.3) is 0 Å². The zero-order valence-electron chi connectivity index (χ0n) is 18.1. The molecule has 0 aromatic heterocycles. The lowest BCUT2D eigenvalue weighted by Crippen LogP contribution is -2.48. The number of hydrogen-bond acceptors (Lipinski definition) is 4. The normalized spacial score (nSPS) is 17.9. The van der Waals surface area contributed by atoms with Gasteiger partial charge in [0.05, 0.1) is 18.9 Å². The average Bonchev–Trinajstić information content (AvgIpc) is 2.68. The van der Waals surface area contributed by atoms with Crippen molar-refractivity contribution in [3.63, 3.8) is 0 Å². The van der Waals surface area contributed by atoms with E-state index in [0.717, 1.165) is 25.5 Å². The molecular weight excluding hydrogens is 503 g/mol. The minimum Gasteiger partial charge on any atom is -0.370 e. The second-order valence-electron chi connectivity index (χ2n) is 7.22. The van der Waals surface area contributed by atoms with Crippen LogP contribution in [0.1, 0.15) is 36.1 Å². The Balaban J connectivity index is 0.00000420. The van der Waals surface area contributed by atoms with Crippen molar-refractivity contribution in [3.05, 3.63) is 34.9 Å². The van der Waals surface area contributed by atoms with Crippen molar-refractivity contribution >= 4 is 40.0 Å². The van der Waals surface area contributed by atoms with E-state index in [9.17, 15) is 8.42 Å². The highest BCUT2D eigenvalue weighted by Crippen LogP contribution is 2.25. The summed E-state index contributed by atoms with van der Waals surface area (Å²) in [6.07, 6.45) is 0.744. The Morgan fingerprint density at radius 2 is 2.10 bits per heavy atom. The van der Waals surface area contributed by atoms with Crippen LogP contribution < -0.4 is 5.32 Å². The van der Waals surface area contributed by atoms with Crippen LogP contribution in [0.3, 0.4) is 0 Å². The summed E-state index contributed by atoms with van der Waals surface area (Å²) in [5.41, 5.74) is 3.72. The van der Waals surface area contributed by atoms with Crippen molar-refractivity contribution in [1.29, 1.82) is 0 Å². The van der Waals surface area contributed by atoms with Gasteiger partial charge in [0.1, 0.15) is 6.10 Å². The Morgan fingerprint density at radius 3 is 2.72 bits per heavy atom. The highest BCUT2D eigenvalue weighted by Gasteiger charge is 2.25. The maximum Gasteiger partial charge on any atom is 0.213 e. The molecule has 0 saturated carbocycles. The lowest BCUT2D eigenvalue weighted by atomic mass is 10.00. The summed E-state index contributed by atoms with van der Waals surface area (Å²) in [5, 5.41) is 3.36. The summed E-state index contributed by atoms with van der Waals surface area (Å²) >= 11 is 0. The van der Waals surface area contributed by atoms with Crippen LogP contribution in [0, 0.1) is 13.8 Å². The molecule has 1 heterocycles. The molecule has 9 heteroatoms. The number of guanidine groups is 1. The molecule has 1 atom stereocenters. The molecule has 1 aromatic carbocycles. The molecule has 1 saturated heterocycles. The minimum absolute atomic E-state index is 0. The maximum absolute atomic E-state index is 11.8. The quantitative estimate of drug-likeness (QED) is 0.250. The highest BCUT2D eigenvalue weighted by atomic mass is 127. The SMILES string of the molecule is CCS(=O)(=O)N(C)CCCNC(=NC)N1CCOC(c2ccc(C)cc2C)C1.I. The van der Waals surface area contributed by atoms with Crippen LogP contribution in [-0.2, 0) is 14.8 Å². The van der Waals surface area contributed by atoms with Crippen LogP contribution in [-0.4, -0.2) is 76.2 Å². The molecular formula is C20H35IN4O3S. The van der Waals surface area contributed by atoms with E-state index in [1.807, 2.05) is 0 Å².